The number of benzene rings is 2. The monoisotopic (exact) mass is 707 g/mol. The Morgan fingerprint density at radius 3 is 2.27 bits per heavy atom. The lowest BCUT2D eigenvalue weighted by molar-refractivity contribution is -0.164. The van der Waals surface area contributed by atoms with Crippen LogP contribution in [0.3, 0.4) is 0 Å². The minimum Gasteiger partial charge on any atom is -0.497 e. The summed E-state index contributed by atoms with van der Waals surface area (Å²) in [4.78, 5) is 30.5. The highest BCUT2D eigenvalue weighted by Crippen LogP contribution is 2.45. The first kappa shape index (κ1) is 39.8. The molecule has 0 radical (unpaired) electrons. The van der Waals surface area contributed by atoms with Gasteiger partial charge < -0.3 is 38.1 Å². The number of carbonyl (C=O) groups excluding carboxylic acids is 2. The van der Waals surface area contributed by atoms with Crippen molar-refractivity contribution in [3.63, 3.8) is 0 Å². The molecule has 0 unspecified atom stereocenters. The number of hydrogen-bond donors (Lipinski definition) is 0. The van der Waals surface area contributed by atoms with E-state index >= 15 is 0 Å². The molecular formula is C41H57NO9. The minimum absolute atomic E-state index is 0.0690. The van der Waals surface area contributed by atoms with Crippen molar-refractivity contribution in [1.29, 1.82) is 0 Å². The first-order chi connectivity index (χ1) is 24.8. The Morgan fingerprint density at radius 1 is 0.882 bits per heavy atom. The highest BCUT2D eigenvalue weighted by atomic mass is 16.6. The maximum atomic E-state index is 14.9. The van der Waals surface area contributed by atoms with Crippen molar-refractivity contribution in [2.24, 2.45) is 5.92 Å². The molecular weight excluding hydrogens is 650 g/mol. The van der Waals surface area contributed by atoms with E-state index in [0.717, 1.165) is 61.8 Å². The van der Waals surface area contributed by atoms with Crippen LogP contribution in [0.2, 0.25) is 0 Å². The zero-order valence-corrected chi connectivity index (χ0v) is 30.9. The third-order valence-electron chi connectivity index (χ3n) is 9.69. The molecule has 2 aliphatic rings. The second-order valence-electron chi connectivity index (χ2n) is 13.4. The Morgan fingerprint density at radius 2 is 1.61 bits per heavy atom. The van der Waals surface area contributed by atoms with E-state index in [0.29, 0.717) is 49.8 Å². The van der Waals surface area contributed by atoms with Crippen LogP contribution in [0.1, 0.15) is 81.8 Å². The van der Waals surface area contributed by atoms with E-state index in [-0.39, 0.29) is 31.1 Å². The molecule has 2 aromatic carbocycles. The molecule has 1 amide bonds. The summed E-state index contributed by atoms with van der Waals surface area (Å²) >= 11 is 0. The normalized spacial score (nSPS) is 18.2. The smallest absolute Gasteiger partial charge is 0.329 e. The van der Waals surface area contributed by atoms with Gasteiger partial charge in [-0.3, -0.25) is 4.79 Å². The summed E-state index contributed by atoms with van der Waals surface area (Å²) in [6.07, 6.45) is 10.4. The molecule has 1 aliphatic carbocycles. The van der Waals surface area contributed by atoms with Gasteiger partial charge in [-0.2, -0.15) is 0 Å². The fraction of sp³-hybridized carbons (Fsp3) is 0.561. The molecule has 2 aromatic rings. The molecule has 1 aliphatic heterocycles. The molecule has 280 valence electrons. The van der Waals surface area contributed by atoms with Gasteiger partial charge in [-0.25, -0.2) is 4.79 Å². The summed E-state index contributed by atoms with van der Waals surface area (Å²) in [5.74, 6) is 1.32. The van der Waals surface area contributed by atoms with Crippen molar-refractivity contribution in [3.05, 3.63) is 72.8 Å². The van der Waals surface area contributed by atoms with Crippen LogP contribution in [-0.2, 0) is 30.4 Å². The number of ether oxygens (including phenoxy) is 7. The molecule has 1 saturated heterocycles. The Hall–Kier alpha value is -4.02. The van der Waals surface area contributed by atoms with Gasteiger partial charge in [0.05, 0.1) is 53.2 Å². The third-order valence-corrected chi connectivity index (χ3v) is 9.69. The summed E-state index contributed by atoms with van der Waals surface area (Å²) in [6.45, 7) is 11.2. The Labute approximate surface area is 304 Å². The number of piperidine rings is 1. The van der Waals surface area contributed by atoms with Crippen LogP contribution < -0.4 is 18.9 Å². The van der Waals surface area contributed by atoms with Gasteiger partial charge in [0.25, 0.3) is 0 Å². The molecule has 10 heteroatoms. The molecule has 2 fully saturated rings. The van der Waals surface area contributed by atoms with Gasteiger partial charge in [0.1, 0.15) is 24.5 Å². The average molecular weight is 708 g/mol. The molecule has 0 bridgehead atoms. The molecule has 4 rings (SSSR count). The minimum atomic E-state index is -0.690. The van der Waals surface area contributed by atoms with Crippen LogP contribution in [0.15, 0.2) is 61.7 Å². The quantitative estimate of drug-likeness (QED) is 0.103. The fourth-order valence-corrected chi connectivity index (χ4v) is 7.04. The lowest BCUT2D eigenvalue weighted by Gasteiger charge is -2.39. The van der Waals surface area contributed by atoms with Gasteiger partial charge in [0, 0.05) is 13.0 Å². The predicted molar refractivity (Wildman–Crippen MR) is 197 cm³/mol. The van der Waals surface area contributed by atoms with Crippen LogP contribution in [-0.4, -0.2) is 82.7 Å². The number of hydrogen-bond acceptors (Lipinski definition) is 9. The second-order valence-corrected chi connectivity index (χ2v) is 13.4. The van der Waals surface area contributed by atoms with Crippen LogP contribution in [0.5, 0.6) is 23.0 Å². The number of nitrogens with zero attached hydrogens (tertiary/aromatic N) is 1. The topological polar surface area (TPSA) is 102 Å². The van der Waals surface area contributed by atoms with Crippen molar-refractivity contribution in [2.45, 2.75) is 95.5 Å². The summed E-state index contributed by atoms with van der Waals surface area (Å²) in [5.41, 5.74) is 1.77. The van der Waals surface area contributed by atoms with E-state index in [4.69, 9.17) is 33.2 Å². The molecule has 1 heterocycles. The molecule has 51 heavy (non-hydrogen) atoms. The van der Waals surface area contributed by atoms with E-state index in [1.54, 1.807) is 38.4 Å². The maximum absolute atomic E-state index is 14.9. The van der Waals surface area contributed by atoms with E-state index in [9.17, 15) is 9.59 Å². The van der Waals surface area contributed by atoms with Gasteiger partial charge in [-0.05, 0) is 80.3 Å². The van der Waals surface area contributed by atoms with E-state index in [1.165, 1.54) is 0 Å². The maximum Gasteiger partial charge on any atom is 0.329 e. The zero-order valence-electron chi connectivity index (χ0n) is 30.9. The van der Waals surface area contributed by atoms with E-state index < -0.39 is 24.0 Å². The number of methoxy groups -OCH3 is 3. The standard InChI is InChI=1S/C41H57NO9/c1-7-14-34(28-48-27-30-18-20-33(45-4)21-19-30)51-41(44)35-17-12-13-22-42(35)40(43)38(31-15-10-9-11-16-31)32-24-36(46-5)39(47-6)37(25-32)50-26-29(3)49-23-8-2/h7-8,18-21,24-25,29,31,34-35,38H,1-2,9-17,22-23,26-28H2,3-6H3/t29-,34+,35+,38+/m1/s1. The summed E-state index contributed by atoms with van der Waals surface area (Å²) in [7, 11) is 4.78. The van der Waals surface area contributed by atoms with Gasteiger partial charge in [-0.1, -0.05) is 43.5 Å². The zero-order chi connectivity index (χ0) is 36.6. The molecule has 0 spiro atoms. The number of carbonyl (C=O) groups is 2. The number of esters is 1. The SMILES string of the molecule is C=CCO[C@H](C)COc1cc([C@@H](C(=O)N2CCCC[C@H]2C(=O)O[C@@H](CC=C)COCc2ccc(OC)cc2)C2CCCCC2)cc(OC)c1OC. The summed E-state index contributed by atoms with van der Waals surface area (Å²) in [6, 6.07) is 10.7. The number of amides is 1. The Balaban J connectivity index is 1.56. The van der Waals surface area contributed by atoms with Crippen molar-refractivity contribution >= 4 is 11.9 Å². The first-order valence-electron chi connectivity index (χ1n) is 18.3. The lowest BCUT2D eigenvalue weighted by Crippen LogP contribution is -2.52. The number of rotatable bonds is 20. The van der Waals surface area contributed by atoms with Crippen LogP contribution in [0.4, 0.5) is 0 Å². The van der Waals surface area contributed by atoms with Crippen LogP contribution >= 0.6 is 0 Å². The van der Waals surface area contributed by atoms with Crippen molar-refractivity contribution in [2.75, 3.05) is 47.7 Å². The molecule has 1 saturated carbocycles. The summed E-state index contributed by atoms with van der Waals surface area (Å²) in [5, 5.41) is 0. The van der Waals surface area contributed by atoms with Crippen molar-refractivity contribution < 1.29 is 42.7 Å². The average Bonchev–Trinajstić information content (AvgIpc) is 3.16. The van der Waals surface area contributed by atoms with Gasteiger partial charge in [0.15, 0.2) is 11.5 Å². The largest absolute Gasteiger partial charge is 0.497 e. The Kier molecular flexibility index (Phi) is 16.2. The van der Waals surface area contributed by atoms with E-state index in [2.05, 4.69) is 13.2 Å². The van der Waals surface area contributed by atoms with E-state index in [1.807, 2.05) is 43.3 Å². The van der Waals surface area contributed by atoms with Crippen molar-refractivity contribution in [3.8, 4) is 23.0 Å². The first-order valence-corrected chi connectivity index (χ1v) is 18.3. The summed E-state index contributed by atoms with van der Waals surface area (Å²) < 4.78 is 40.7. The number of likely N-dealkylation sites (tertiary alicyclic amines) is 1. The van der Waals surface area contributed by atoms with Crippen LogP contribution in [0, 0.1) is 5.92 Å². The third kappa shape index (κ3) is 11.2. The molecule has 0 N–H and O–H groups in total. The highest BCUT2D eigenvalue weighted by Gasteiger charge is 2.41. The highest BCUT2D eigenvalue weighted by molar-refractivity contribution is 5.89. The molecule has 4 atom stereocenters. The molecule has 0 aromatic heterocycles. The van der Waals surface area contributed by atoms with Crippen LogP contribution in [0.25, 0.3) is 0 Å². The van der Waals surface area contributed by atoms with Gasteiger partial charge >= 0.3 is 5.97 Å². The molecule has 10 nitrogen and oxygen atoms in total. The second kappa shape index (κ2) is 20.7. The lowest BCUT2D eigenvalue weighted by atomic mass is 9.75. The fourth-order valence-electron chi connectivity index (χ4n) is 7.04. The van der Waals surface area contributed by atoms with Crippen molar-refractivity contribution in [1.82, 2.24) is 4.90 Å². The predicted octanol–water partition coefficient (Wildman–Crippen LogP) is 7.43. The van der Waals surface area contributed by atoms with Gasteiger partial charge in [0.2, 0.25) is 11.7 Å². The van der Waals surface area contributed by atoms with Gasteiger partial charge in [-0.15, -0.1) is 13.2 Å². The Bertz CT molecular complexity index is 1400.